The number of hydrogen-bond acceptors (Lipinski definition) is 3. The summed E-state index contributed by atoms with van der Waals surface area (Å²) in [6.07, 6.45) is 2.86. The van der Waals surface area contributed by atoms with Crippen molar-refractivity contribution in [3.63, 3.8) is 0 Å². The van der Waals surface area contributed by atoms with E-state index in [1.54, 1.807) is 0 Å². The summed E-state index contributed by atoms with van der Waals surface area (Å²) in [5.41, 5.74) is 0. The smallest absolute Gasteiger partial charge is 0.166 e. The Hall–Kier alpha value is -0.870. The second-order valence-corrected chi connectivity index (χ2v) is 3.28. The van der Waals surface area contributed by atoms with Gasteiger partial charge in [-0.2, -0.15) is 0 Å². The van der Waals surface area contributed by atoms with Gasteiger partial charge in [-0.1, -0.05) is 11.6 Å². The summed E-state index contributed by atoms with van der Waals surface area (Å²) < 4.78 is 13.1. The van der Waals surface area contributed by atoms with Crippen molar-refractivity contribution in [3.05, 3.63) is 23.1 Å². The molecule has 1 aromatic heterocycles. The maximum atomic E-state index is 13.1. The maximum absolute atomic E-state index is 13.1. The fourth-order valence-electron chi connectivity index (χ4n) is 0.988. The molecule has 0 spiro atoms. The molecule has 0 unspecified atom stereocenters. The highest BCUT2D eigenvalue weighted by molar-refractivity contribution is 6.30. The van der Waals surface area contributed by atoms with Gasteiger partial charge in [-0.3, -0.25) is 0 Å². The SMILES string of the molecule is OCCCCNc1ncc(Cl)cc1F. The normalized spacial score (nSPS) is 10.2. The number of pyridine rings is 1. The van der Waals surface area contributed by atoms with Gasteiger partial charge in [0.05, 0.1) is 5.02 Å². The van der Waals surface area contributed by atoms with Crippen LogP contribution in [-0.2, 0) is 0 Å². The van der Waals surface area contributed by atoms with Crippen LogP contribution in [0.2, 0.25) is 5.02 Å². The zero-order chi connectivity index (χ0) is 10.4. The second kappa shape index (κ2) is 5.78. The van der Waals surface area contributed by atoms with Crippen molar-refractivity contribution in [1.29, 1.82) is 0 Å². The predicted molar refractivity (Wildman–Crippen MR) is 54.0 cm³/mol. The molecule has 1 rings (SSSR count). The number of hydrogen-bond donors (Lipinski definition) is 2. The lowest BCUT2D eigenvalue weighted by Gasteiger charge is -2.05. The van der Waals surface area contributed by atoms with E-state index in [0.29, 0.717) is 13.0 Å². The number of aliphatic hydroxyl groups excluding tert-OH is 1. The van der Waals surface area contributed by atoms with Gasteiger partial charge < -0.3 is 10.4 Å². The van der Waals surface area contributed by atoms with Crippen LogP contribution in [0.1, 0.15) is 12.8 Å². The number of aromatic nitrogens is 1. The van der Waals surface area contributed by atoms with Gasteiger partial charge in [0.1, 0.15) is 0 Å². The molecular weight excluding hydrogens is 207 g/mol. The minimum absolute atomic E-state index is 0.151. The van der Waals surface area contributed by atoms with Crippen molar-refractivity contribution in [1.82, 2.24) is 4.98 Å². The highest BCUT2D eigenvalue weighted by atomic mass is 35.5. The fourth-order valence-corrected chi connectivity index (χ4v) is 1.13. The minimum Gasteiger partial charge on any atom is -0.396 e. The van der Waals surface area contributed by atoms with Gasteiger partial charge in [0.15, 0.2) is 11.6 Å². The number of nitrogens with zero attached hydrogens (tertiary/aromatic N) is 1. The van der Waals surface area contributed by atoms with Crippen molar-refractivity contribution in [2.75, 3.05) is 18.5 Å². The van der Waals surface area contributed by atoms with E-state index >= 15 is 0 Å². The van der Waals surface area contributed by atoms with E-state index in [1.807, 2.05) is 0 Å². The van der Waals surface area contributed by atoms with Gasteiger partial charge in [0, 0.05) is 19.3 Å². The summed E-state index contributed by atoms with van der Waals surface area (Å²) >= 11 is 5.54. The first-order valence-electron chi connectivity index (χ1n) is 4.40. The first-order valence-corrected chi connectivity index (χ1v) is 4.77. The Bertz CT molecular complexity index is 296. The molecule has 14 heavy (non-hydrogen) atoms. The molecule has 3 nitrogen and oxygen atoms in total. The van der Waals surface area contributed by atoms with E-state index in [0.717, 1.165) is 6.42 Å². The Morgan fingerprint density at radius 2 is 2.29 bits per heavy atom. The van der Waals surface area contributed by atoms with E-state index in [2.05, 4.69) is 10.3 Å². The molecule has 0 saturated carbocycles. The molecule has 0 bridgehead atoms. The van der Waals surface area contributed by atoms with Gasteiger partial charge in [0.25, 0.3) is 0 Å². The highest BCUT2D eigenvalue weighted by Gasteiger charge is 2.02. The van der Waals surface area contributed by atoms with Crippen molar-refractivity contribution in [2.45, 2.75) is 12.8 Å². The third-order valence-corrected chi connectivity index (χ3v) is 1.89. The van der Waals surface area contributed by atoms with Crippen LogP contribution in [-0.4, -0.2) is 23.2 Å². The molecule has 1 aromatic rings. The molecular formula is C9H12ClFN2O. The van der Waals surface area contributed by atoms with Crippen LogP contribution in [0.15, 0.2) is 12.3 Å². The Balaban J connectivity index is 2.42. The molecule has 5 heteroatoms. The highest BCUT2D eigenvalue weighted by Crippen LogP contribution is 2.15. The minimum atomic E-state index is -0.457. The number of anilines is 1. The maximum Gasteiger partial charge on any atom is 0.166 e. The van der Waals surface area contributed by atoms with Crippen molar-refractivity contribution in [2.24, 2.45) is 0 Å². The molecule has 0 aromatic carbocycles. The van der Waals surface area contributed by atoms with E-state index in [9.17, 15) is 4.39 Å². The van der Waals surface area contributed by atoms with Crippen LogP contribution in [0.3, 0.4) is 0 Å². The lowest BCUT2D eigenvalue weighted by molar-refractivity contribution is 0.286. The van der Waals surface area contributed by atoms with Crippen molar-refractivity contribution >= 4 is 17.4 Å². The molecule has 0 aliphatic rings. The molecule has 0 radical (unpaired) electrons. The first kappa shape index (κ1) is 11.2. The monoisotopic (exact) mass is 218 g/mol. The zero-order valence-corrected chi connectivity index (χ0v) is 8.39. The Morgan fingerprint density at radius 3 is 2.93 bits per heavy atom. The summed E-state index contributed by atoms with van der Waals surface area (Å²) in [4.78, 5) is 3.79. The summed E-state index contributed by atoms with van der Waals surface area (Å²) in [5, 5.41) is 11.6. The molecule has 0 amide bonds. The van der Waals surface area contributed by atoms with Crippen molar-refractivity contribution < 1.29 is 9.50 Å². The van der Waals surface area contributed by atoms with E-state index < -0.39 is 5.82 Å². The fraction of sp³-hybridized carbons (Fsp3) is 0.444. The average Bonchev–Trinajstić information content (AvgIpc) is 2.15. The van der Waals surface area contributed by atoms with E-state index in [4.69, 9.17) is 16.7 Å². The predicted octanol–water partition coefficient (Wildman–Crippen LogP) is 2.06. The van der Waals surface area contributed by atoms with Crippen molar-refractivity contribution in [3.8, 4) is 0 Å². The van der Waals surface area contributed by atoms with Crippen LogP contribution in [0.5, 0.6) is 0 Å². The molecule has 2 N–H and O–H groups in total. The Labute approximate surface area is 86.9 Å². The largest absolute Gasteiger partial charge is 0.396 e. The number of aliphatic hydroxyl groups is 1. The van der Waals surface area contributed by atoms with Gasteiger partial charge in [0.2, 0.25) is 0 Å². The van der Waals surface area contributed by atoms with E-state index in [1.165, 1.54) is 12.3 Å². The number of rotatable bonds is 5. The number of halogens is 2. The molecule has 78 valence electrons. The lowest BCUT2D eigenvalue weighted by Crippen LogP contribution is -2.05. The summed E-state index contributed by atoms with van der Waals surface area (Å²) in [5.74, 6) is -0.256. The van der Waals surface area contributed by atoms with Crippen LogP contribution in [0, 0.1) is 5.82 Å². The lowest BCUT2D eigenvalue weighted by atomic mass is 10.3. The number of unbranched alkanes of at least 4 members (excludes halogenated alkanes) is 1. The van der Waals surface area contributed by atoms with Crippen LogP contribution >= 0.6 is 11.6 Å². The second-order valence-electron chi connectivity index (χ2n) is 2.84. The molecule has 0 fully saturated rings. The summed E-state index contributed by atoms with van der Waals surface area (Å²) in [6.45, 7) is 0.740. The van der Waals surface area contributed by atoms with Crippen LogP contribution in [0.25, 0.3) is 0 Å². The molecule has 0 aliphatic heterocycles. The van der Waals surface area contributed by atoms with Crippen LogP contribution < -0.4 is 5.32 Å². The summed E-state index contributed by atoms with van der Waals surface area (Å²) in [7, 11) is 0. The summed E-state index contributed by atoms with van der Waals surface area (Å²) in [6, 6.07) is 1.21. The van der Waals surface area contributed by atoms with Gasteiger partial charge in [-0.15, -0.1) is 0 Å². The standard InChI is InChI=1S/C9H12ClFN2O/c10-7-5-8(11)9(13-6-7)12-3-1-2-4-14/h5-6,14H,1-4H2,(H,12,13). The molecule has 0 atom stereocenters. The zero-order valence-electron chi connectivity index (χ0n) is 7.63. The molecule has 1 heterocycles. The Morgan fingerprint density at radius 1 is 1.50 bits per heavy atom. The number of nitrogens with one attached hydrogen (secondary N) is 1. The topological polar surface area (TPSA) is 45.1 Å². The molecule has 0 saturated heterocycles. The average molecular weight is 219 g/mol. The molecule has 0 aliphatic carbocycles. The van der Waals surface area contributed by atoms with E-state index in [-0.39, 0.29) is 17.4 Å². The van der Waals surface area contributed by atoms with Gasteiger partial charge in [-0.05, 0) is 18.9 Å². The van der Waals surface area contributed by atoms with Gasteiger partial charge in [-0.25, -0.2) is 9.37 Å². The first-order chi connectivity index (χ1) is 6.74. The van der Waals surface area contributed by atoms with Crippen LogP contribution in [0.4, 0.5) is 10.2 Å². The third-order valence-electron chi connectivity index (χ3n) is 1.69. The van der Waals surface area contributed by atoms with Gasteiger partial charge >= 0.3 is 0 Å². The Kier molecular flexibility index (Phi) is 4.62. The third kappa shape index (κ3) is 3.47. The quantitative estimate of drug-likeness (QED) is 0.744.